The Hall–Kier alpha value is -0.990. The van der Waals surface area contributed by atoms with Crippen molar-refractivity contribution >= 4 is 5.82 Å². The van der Waals surface area contributed by atoms with Crippen molar-refractivity contribution in [3.05, 3.63) is 11.5 Å². The van der Waals surface area contributed by atoms with Crippen molar-refractivity contribution in [2.75, 3.05) is 5.73 Å². The minimum atomic E-state index is 0.870. The van der Waals surface area contributed by atoms with E-state index in [1.807, 2.05) is 7.05 Å². The van der Waals surface area contributed by atoms with Crippen molar-refractivity contribution in [2.45, 2.75) is 78.1 Å². The van der Waals surface area contributed by atoms with Crippen LogP contribution in [-0.2, 0) is 19.9 Å². The maximum absolute atomic E-state index is 6.11. The molecule has 1 aromatic rings. The van der Waals surface area contributed by atoms with Crippen molar-refractivity contribution in [1.82, 2.24) is 9.55 Å². The summed E-state index contributed by atoms with van der Waals surface area (Å²) in [4.78, 5) is 4.68. The number of hydrogen-bond donors (Lipinski definition) is 1. The smallest absolute Gasteiger partial charge is 0.126 e. The third-order valence-corrected chi connectivity index (χ3v) is 3.80. The normalized spacial score (nSPS) is 11.1. The zero-order valence-electron chi connectivity index (χ0n) is 13.0. The lowest BCUT2D eigenvalue weighted by Crippen LogP contribution is -2.01. The van der Waals surface area contributed by atoms with Gasteiger partial charge < -0.3 is 10.3 Å². The van der Waals surface area contributed by atoms with Gasteiger partial charge in [0.2, 0.25) is 0 Å². The number of aromatic nitrogens is 2. The fourth-order valence-corrected chi connectivity index (χ4v) is 2.50. The van der Waals surface area contributed by atoms with E-state index in [1.165, 1.54) is 44.9 Å². The molecule has 1 rings (SSSR count). The maximum Gasteiger partial charge on any atom is 0.126 e. The summed E-state index contributed by atoms with van der Waals surface area (Å²) in [7, 11) is 2.03. The molecule has 19 heavy (non-hydrogen) atoms. The van der Waals surface area contributed by atoms with E-state index in [-0.39, 0.29) is 0 Å². The quantitative estimate of drug-likeness (QED) is 0.643. The third-order valence-electron chi connectivity index (χ3n) is 3.80. The molecule has 3 nitrogen and oxygen atoms in total. The lowest BCUT2D eigenvalue weighted by molar-refractivity contribution is 0.587. The van der Waals surface area contributed by atoms with Crippen molar-refractivity contribution in [3.63, 3.8) is 0 Å². The second kappa shape index (κ2) is 9.00. The fraction of sp³-hybridized carbons (Fsp3) is 0.812. The molecule has 0 aliphatic rings. The standard InChI is InChI=1S/C16H31N3/c1-4-6-7-8-9-10-11-13-14-16(17)19(3)15(18-14)12-5-2/h4-13,17H2,1-3H3. The van der Waals surface area contributed by atoms with Gasteiger partial charge in [0.15, 0.2) is 0 Å². The van der Waals surface area contributed by atoms with E-state index in [9.17, 15) is 0 Å². The molecule has 0 unspecified atom stereocenters. The van der Waals surface area contributed by atoms with Crippen LogP contribution >= 0.6 is 0 Å². The lowest BCUT2D eigenvalue weighted by Gasteiger charge is -2.02. The molecule has 0 spiro atoms. The number of nitrogens with zero attached hydrogens (tertiary/aromatic N) is 2. The Bertz CT molecular complexity index is 355. The van der Waals surface area contributed by atoms with Gasteiger partial charge in [0.1, 0.15) is 11.6 Å². The highest BCUT2D eigenvalue weighted by atomic mass is 15.1. The van der Waals surface area contributed by atoms with Crippen LogP contribution < -0.4 is 5.73 Å². The molecule has 0 atom stereocenters. The Morgan fingerprint density at radius 3 is 2.16 bits per heavy atom. The summed E-state index contributed by atoms with van der Waals surface area (Å²) >= 11 is 0. The van der Waals surface area contributed by atoms with Crippen LogP contribution in [0.15, 0.2) is 0 Å². The summed E-state index contributed by atoms with van der Waals surface area (Å²) in [5, 5.41) is 0. The molecule has 0 amide bonds. The second-order valence-corrected chi connectivity index (χ2v) is 5.54. The summed E-state index contributed by atoms with van der Waals surface area (Å²) in [6, 6.07) is 0. The molecule has 0 bridgehead atoms. The first-order valence-electron chi connectivity index (χ1n) is 8.00. The van der Waals surface area contributed by atoms with Gasteiger partial charge in [0, 0.05) is 13.5 Å². The summed E-state index contributed by atoms with van der Waals surface area (Å²) in [5.41, 5.74) is 7.23. The van der Waals surface area contributed by atoms with Crippen molar-refractivity contribution in [2.24, 2.45) is 7.05 Å². The summed E-state index contributed by atoms with van der Waals surface area (Å²) in [6.45, 7) is 4.44. The number of unbranched alkanes of at least 4 members (excludes halogenated alkanes) is 6. The first-order valence-corrected chi connectivity index (χ1v) is 8.00. The number of aryl methyl sites for hydroxylation is 2. The molecular formula is C16H31N3. The van der Waals surface area contributed by atoms with Crippen LogP contribution in [0.3, 0.4) is 0 Å². The number of anilines is 1. The Labute approximate surface area is 118 Å². The number of hydrogen-bond acceptors (Lipinski definition) is 2. The van der Waals surface area contributed by atoms with Gasteiger partial charge in [-0.25, -0.2) is 4.98 Å². The number of nitrogens with two attached hydrogens (primary N) is 1. The highest BCUT2D eigenvalue weighted by Gasteiger charge is 2.10. The van der Waals surface area contributed by atoms with E-state index in [1.54, 1.807) is 0 Å². The number of imidazole rings is 1. The first kappa shape index (κ1) is 16.1. The maximum atomic E-state index is 6.11. The predicted molar refractivity (Wildman–Crippen MR) is 83.3 cm³/mol. The van der Waals surface area contributed by atoms with Gasteiger partial charge in [-0.3, -0.25) is 0 Å². The molecular weight excluding hydrogens is 234 g/mol. The van der Waals surface area contributed by atoms with E-state index in [0.717, 1.165) is 36.6 Å². The summed E-state index contributed by atoms with van der Waals surface area (Å²) < 4.78 is 2.06. The topological polar surface area (TPSA) is 43.8 Å². The second-order valence-electron chi connectivity index (χ2n) is 5.54. The van der Waals surface area contributed by atoms with E-state index in [4.69, 9.17) is 5.73 Å². The van der Waals surface area contributed by atoms with Crippen molar-refractivity contribution < 1.29 is 0 Å². The molecule has 0 fully saturated rings. The summed E-state index contributed by atoms with van der Waals surface area (Å²) in [5.74, 6) is 2.01. The fourth-order valence-electron chi connectivity index (χ4n) is 2.50. The minimum Gasteiger partial charge on any atom is -0.384 e. The molecule has 0 aliphatic heterocycles. The van der Waals surface area contributed by atoms with Crippen LogP contribution in [0.1, 0.15) is 76.7 Å². The molecule has 3 heteroatoms. The van der Waals surface area contributed by atoms with E-state index < -0.39 is 0 Å². The molecule has 0 radical (unpaired) electrons. The van der Waals surface area contributed by atoms with Crippen LogP contribution in [0.2, 0.25) is 0 Å². The molecule has 0 aromatic carbocycles. The molecule has 1 heterocycles. The van der Waals surface area contributed by atoms with E-state index in [0.29, 0.717) is 0 Å². The monoisotopic (exact) mass is 265 g/mol. The minimum absolute atomic E-state index is 0.870. The predicted octanol–water partition coefficient (Wildman–Crippen LogP) is 4.25. The largest absolute Gasteiger partial charge is 0.384 e. The Morgan fingerprint density at radius 1 is 0.895 bits per heavy atom. The van der Waals surface area contributed by atoms with Crippen LogP contribution in [0.5, 0.6) is 0 Å². The highest BCUT2D eigenvalue weighted by Crippen LogP contribution is 2.17. The average Bonchev–Trinajstić information content (AvgIpc) is 2.67. The van der Waals surface area contributed by atoms with Crippen LogP contribution in [-0.4, -0.2) is 9.55 Å². The lowest BCUT2D eigenvalue weighted by atomic mass is 10.1. The zero-order valence-corrected chi connectivity index (χ0v) is 13.0. The first-order chi connectivity index (χ1) is 9.20. The average molecular weight is 265 g/mol. The molecule has 0 saturated heterocycles. The van der Waals surface area contributed by atoms with Gasteiger partial charge in [-0.2, -0.15) is 0 Å². The van der Waals surface area contributed by atoms with Gasteiger partial charge in [0.25, 0.3) is 0 Å². The number of rotatable bonds is 10. The molecule has 0 saturated carbocycles. The zero-order chi connectivity index (χ0) is 14.1. The summed E-state index contributed by atoms with van der Waals surface area (Å²) in [6.07, 6.45) is 12.6. The van der Waals surface area contributed by atoms with E-state index in [2.05, 4.69) is 23.4 Å². The van der Waals surface area contributed by atoms with Crippen molar-refractivity contribution in [3.8, 4) is 0 Å². The van der Waals surface area contributed by atoms with Crippen LogP contribution in [0.4, 0.5) is 5.82 Å². The SMILES string of the molecule is CCCCCCCCCc1nc(CCC)n(C)c1N. The molecule has 110 valence electrons. The Morgan fingerprint density at radius 2 is 1.53 bits per heavy atom. The number of nitrogen functional groups attached to an aromatic ring is 1. The molecule has 2 N–H and O–H groups in total. The third kappa shape index (κ3) is 5.25. The van der Waals surface area contributed by atoms with Gasteiger partial charge in [-0.15, -0.1) is 0 Å². The Kier molecular flexibility index (Phi) is 7.61. The molecule has 0 aliphatic carbocycles. The highest BCUT2D eigenvalue weighted by molar-refractivity contribution is 5.38. The van der Waals surface area contributed by atoms with Gasteiger partial charge in [-0.1, -0.05) is 52.4 Å². The Balaban J connectivity index is 2.27. The van der Waals surface area contributed by atoms with E-state index >= 15 is 0 Å². The van der Waals surface area contributed by atoms with Gasteiger partial charge in [0.05, 0.1) is 5.69 Å². The van der Waals surface area contributed by atoms with Gasteiger partial charge in [-0.05, 0) is 19.3 Å². The van der Waals surface area contributed by atoms with Crippen molar-refractivity contribution in [1.29, 1.82) is 0 Å². The molecule has 1 aromatic heterocycles. The van der Waals surface area contributed by atoms with Gasteiger partial charge >= 0.3 is 0 Å². The van der Waals surface area contributed by atoms with Crippen LogP contribution in [0, 0.1) is 0 Å². The van der Waals surface area contributed by atoms with Crippen LogP contribution in [0.25, 0.3) is 0 Å².